The number of aromatic nitrogens is 1. The molecule has 0 fully saturated rings. The number of carboxylic acids is 1. The van der Waals surface area contributed by atoms with Crippen molar-refractivity contribution in [2.45, 2.75) is 59.1 Å². The predicted octanol–water partition coefficient (Wildman–Crippen LogP) is 5.35. The summed E-state index contributed by atoms with van der Waals surface area (Å²) in [7, 11) is 3.05. The van der Waals surface area contributed by atoms with Gasteiger partial charge in [0.05, 0.1) is 32.6 Å². The van der Waals surface area contributed by atoms with Crippen molar-refractivity contribution in [1.82, 2.24) is 10.3 Å². The van der Waals surface area contributed by atoms with E-state index in [2.05, 4.69) is 15.6 Å². The fraction of sp³-hybridized carbons (Fsp3) is 0.343. The van der Waals surface area contributed by atoms with E-state index in [1.54, 1.807) is 36.4 Å². The van der Waals surface area contributed by atoms with Gasteiger partial charge in [0.25, 0.3) is 5.91 Å². The highest BCUT2D eigenvalue weighted by Crippen LogP contribution is 2.26. The third-order valence-electron chi connectivity index (χ3n) is 7.16. The molecule has 3 aromatic carbocycles. The van der Waals surface area contributed by atoms with Crippen LogP contribution in [0.4, 0.5) is 5.69 Å². The van der Waals surface area contributed by atoms with Crippen LogP contribution < -0.4 is 24.8 Å². The molecule has 4 aromatic rings. The maximum atomic E-state index is 12.8. The first-order valence-electron chi connectivity index (χ1n) is 15.2. The van der Waals surface area contributed by atoms with Gasteiger partial charge in [0.2, 0.25) is 12.3 Å². The Labute approximate surface area is 273 Å². The van der Waals surface area contributed by atoms with Crippen LogP contribution in [-0.4, -0.2) is 60.4 Å². The van der Waals surface area contributed by atoms with Crippen LogP contribution in [0.1, 0.15) is 53.2 Å². The minimum Gasteiger partial charge on any atom is -0.497 e. The standard InChI is InChI=1S/C35H41N3O9/c1-21(2)46-35(42)36-20-26-18-28(12-8-23(26)9-13-32(39)40)45-15-14-31-22(3)47-34(38-31)24-6-10-27(11-7-24)37-33(41)25-16-29(43-4)19-30(17-25)44-5/h6-8,10-12,16-19,21,35-36,42H,9,13-15,20H2,1-5H3,(H,37,41)(H,39,40). The zero-order valence-electron chi connectivity index (χ0n) is 27.2. The van der Waals surface area contributed by atoms with E-state index in [1.807, 2.05) is 45.0 Å². The van der Waals surface area contributed by atoms with Crippen molar-refractivity contribution < 1.29 is 43.2 Å². The molecule has 0 saturated carbocycles. The highest BCUT2D eigenvalue weighted by Gasteiger charge is 2.15. The Morgan fingerprint density at radius 1 is 0.915 bits per heavy atom. The summed E-state index contributed by atoms with van der Waals surface area (Å²) in [5, 5.41) is 25.0. The minimum absolute atomic E-state index is 0.0115. The van der Waals surface area contributed by atoms with Crippen LogP contribution in [0, 0.1) is 6.92 Å². The van der Waals surface area contributed by atoms with Gasteiger partial charge in [-0.2, -0.15) is 0 Å². The zero-order valence-corrected chi connectivity index (χ0v) is 27.2. The molecule has 0 bridgehead atoms. The number of anilines is 1. The molecule has 0 aliphatic heterocycles. The van der Waals surface area contributed by atoms with Crippen molar-refractivity contribution >= 4 is 17.6 Å². The van der Waals surface area contributed by atoms with Crippen LogP contribution in [0.25, 0.3) is 11.5 Å². The number of oxazole rings is 1. The van der Waals surface area contributed by atoms with Crippen molar-refractivity contribution in [2.24, 2.45) is 0 Å². The largest absolute Gasteiger partial charge is 0.497 e. The Bertz CT molecular complexity index is 1630. The molecule has 4 rings (SSSR count). The first-order chi connectivity index (χ1) is 22.5. The number of hydrogen-bond acceptors (Lipinski definition) is 10. The molecule has 4 N–H and O–H groups in total. The Morgan fingerprint density at radius 2 is 1.62 bits per heavy atom. The van der Waals surface area contributed by atoms with E-state index in [0.29, 0.717) is 59.6 Å². The summed E-state index contributed by atoms with van der Waals surface area (Å²) in [4.78, 5) is 28.6. The van der Waals surface area contributed by atoms with Gasteiger partial charge in [-0.1, -0.05) is 6.07 Å². The Balaban J connectivity index is 1.36. The molecule has 1 unspecified atom stereocenters. The maximum absolute atomic E-state index is 12.8. The van der Waals surface area contributed by atoms with Gasteiger partial charge in [0.15, 0.2) is 0 Å². The topological polar surface area (TPSA) is 162 Å². The van der Waals surface area contributed by atoms with E-state index < -0.39 is 12.4 Å². The van der Waals surface area contributed by atoms with Crippen molar-refractivity contribution in [3.8, 4) is 28.7 Å². The normalized spacial score (nSPS) is 11.7. The fourth-order valence-corrected chi connectivity index (χ4v) is 4.73. The number of carboxylic acid groups (broad SMARTS) is 1. The zero-order chi connectivity index (χ0) is 33.9. The van der Waals surface area contributed by atoms with Gasteiger partial charge in [-0.3, -0.25) is 14.9 Å². The second-order valence-corrected chi connectivity index (χ2v) is 11.0. The van der Waals surface area contributed by atoms with Crippen molar-refractivity contribution in [3.05, 3.63) is 88.8 Å². The summed E-state index contributed by atoms with van der Waals surface area (Å²) < 4.78 is 27.8. The van der Waals surface area contributed by atoms with Gasteiger partial charge in [-0.25, -0.2) is 4.98 Å². The van der Waals surface area contributed by atoms with Crippen LogP contribution in [-0.2, 0) is 28.9 Å². The van der Waals surface area contributed by atoms with Gasteiger partial charge < -0.3 is 38.9 Å². The lowest BCUT2D eigenvalue weighted by Gasteiger charge is -2.18. The molecule has 250 valence electrons. The number of aryl methyl sites for hydroxylation is 2. The fourth-order valence-electron chi connectivity index (χ4n) is 4.73. The van der Waals surface area contributed by atoms with Gasteiger partial charge in [0, 0.05) is 42.3 Å². The average molecular weight is 648 g/mol. The van der Waals surface area contributed by atoms with E-state index in [-0.39, 0.29) is 25.0 Å². The second kappa shape index (κ2) is 16.6. The molecule has 0 aliphatic carbocycles. The molecule has 47 heavy (non-hydrogen) atoms. The summed E-state index contributed by atoms with van der Waals surface area (Å²) in [6, 6.07) is 17.6. The second-order valence-electron chi connectivity index (χ2n) is 11.0. The number of aliphatic hydroxyl groups is 1. The number of aliphatic hydroxyl groups excluding tert-OH is 1. The van der Waals surface area contributed by atoms with E-state index in [1.165, 1.54) is 14.2 Å². The quantitative estimate of drug-likeness (QED) is 0.109. The number of nitrogens with zero attached hydrogens (tertiary/aromatic N) is 1. The number of ether oxygens (including phenoxy) is 4. The molecule has 0 radical (unpaired) electrons. The molecule has 12 heteroatoms. The summed E-state index contributed by atoms with van der Waals surface area (Å²) in [6.45, 7) is 6.07. The van der Waals surface area contributed by atoms with Crippen molar-refractivity contribution in [3.63, 3.8) is 0 Å². The van der Waals surface area contributed by atoms with E-state index in [0.717, 1.165) is 22.4 Å². The molecule has 0 aliphatic rings. The smallest absolute Gasteiger partial charge is 0.303 e. The lowest BCUT2D eigenvalue weighted by Crippen LogP contribution is -2.33. The summed E-state index contributed by atoms with van der Waals surface area (Å²) in [5.74, 6) is 1.56. The van der Waals surface area contributed by atoms with Crippen LogP contribution in [0.15, 0.2) is 65.1 Å². The number of carbonyl (C=O) groups excluding carboxylic acids is 1. The summed E-state index contributed by atoms with van der Waals surface area (Å²) in [5.41, 5.74) is 4.14. The van der Waals surface area contributed by atoms with E-state index in [9.17, 15) is 14.7 Å². The Morgan fingerprint density at radius 3 is 2.26 bits per heavy atom. The monoisotopic (exact) mass is 647 g/mol. The molecule has 12 nitrogen and oxygen atoms in total. The number of rotatable bonds is 17. The lowest BCUT2D eigenvalue weighted by molar-refractivity contribution is -0.145. The Kier molecular flexibility index (Phi) is 12.3. The van der Waals surface area contributed by atoms with Crippen molar-refractivity contribution in [1.29, 1.82) is 0 Å². The predicted molar refractivity (Wildman–Crippen MR) is 175 cm³/mol. The molecular weight excluding hydrogens is 606 g/mol. The Hall–Kier alpha value is -4.91. The van der Waals surface area contributed by atoms with E-state index >= 15 is 0 Å². The lowest BCUT2D eigenvalue weighted by atomic mass is 10.0. The first-order valence-corrected chi connectivity index (χ1v) is 15.2. The van der Waals surface area contributed by atoms with Crippen molar-refractivity contribution in [2.75, 3.05) is 26.1 Å². The number of hydrogen-bond donors (Lipinski definition) is 4. The third-order valence-corrected chi connectivity index (χ3v) is 7.16. The average Bonchev–Trinajstić information content (AvgIpc) is 3.42. The first kappa shape index (κ1) is 35.0. The van der Waals surface area contributed by atoms with Gasteiger partial charge in [0.1, 0.15) is 23.0 Å². The van der Waals surface area contributed by atoms with Crippen LogP contribution in [0.2, 0.25) is 0 Å². The van der Waals surface area contributed by atoms with Crippen LogP contribution in [0.3, 0.4) is 0 Å². The van der Waals surface area contributed by atoms with Gasteiger partial charge >= 0.3 is 5.97 Å². The van der Waals surface area contributed by atoms with Gasteiger partial charge in [-0.05, 0) is 86.8 Å². The number of aliphatic carboxylic acids is 1. The molecular formula is C35H41N3O9. The maximum Gasteiger partial charge on any atom is 0.303 e. The number of carbonyl (C=O) groups is 2. The number of nitrogens with one attached hydrogen (secondary N) is 2. The number of methoxy groups -OCH3 is 2. The molecule has 0 spiro atoms. The van der Waals surface area contributed by atoms with Gasteiger partial charge in [-0.15, -0.1) is 0 Å². The van der Waals surface area contributed by atoms with Crippen LogP contribution in [0.5, 0.6) is 17.2 Å². The summed E-state index contributed by atoms with van der Waals surface area (Å²) >= 11 is 0. The number of benzene rings is 3. The minimum atomic E-state index is -1.16. The van der Waals surface area contributed by atoms with Crippen LogP contribution >= 0.6 is 0 Å². The molecule has 1 atom stereocenters. The molecule has 0 saturated heterocycles. The molecule has 1 aromatic heterocycles. The molecule has 1 amide bonds. The van der Waals surface area contributed by atoms with E-state index in [4.69, 9.17) is 28.5 Å². The molecule has 1 heterocycles. The number of amides is 1. The highest BCUT2D eigenvalue weighted by atomic mass is 16.6. The SMILES string of the molecule is COc1cc(OC)cc(C(=O)Nc2ccc(-c3nc(CCOc4ccc(CCC(=O)O)c(CNC(O)OC(C)C)c4)c(C)o3)cc2)c1. The highest BCUT2D eigenvalue weighted by molar-refractivity contribution is 6.04. The third kappa shape index (κ3) is 10.3. The summed E-state index contributed by atoms with van der Waals surface area (Å²) in [6.07, 6.45) is -0.498.